The second-order valence-corrected chi connectivity index (χ2v) is 11.0. The van der Waals surface area contributed by atoms with Crippen molar-refractivity contribution in [2.75, 3.05) is 12.0 Å². The first-order valence-corrected chi connectivity index (χ1v) is 13.4. The summed E-state index contributed by atoms with van der Waals surface area (Å²) >= 11 is 0. The van der Waals surface area contributed by atoms with Crippen LogP contribution in [0.1, 0.15) is 110 Å². The summed E-state index contributed by atoms with van der Waals surface area (Å²) in [5.74, 6) is 3.18. The molecule has 8 nitrogen and oxygen atoms in total. The number of fused-ring (bicyclic) bond motifs is 2. The highest BCUT2D eigenvalue weighted by Crippen LogP contribution is 2.47. The van der Waals surface area contributed by atoms with Crippen molar-refractivity contribution < 1.29 is 18.8 Å². The lowest BCUT2D eigenvalue weighted by atomic mass is 9.77. The van der Waals surface area contributed by atoms with Gasteiger partial charge in [0.1, 0.15) is 11.6 Å². The number of ether oxygens (including phenoxy) is 2. The second-order valence-electron chi connectivity index (χ2n) is 11.0. The number of rotatable bonds is 7. The van der Waals surface area contributed by atoms with Crippen molar-refractivity contribution in [1.82, 2.24) is 15.1 Å². The third-order valence-electron chi connectivity index (χ3n) is 8.71. The molecule has 4 fully saturated rings. The van der Waals surface area contributed by atoms with Gasteiger partial charge in [0, 0.05) is 29.5 Å². The van der Waals surface area contributed by atoms with Crippen molar-refractivity contribution in [3.8, 4) is 0 Å². The molecular weight excluding hydrogens is 444 g/mol. The minimum absolute atomic E-state index is 0.227. The third kappa shape index (κ3) is 4.46. The molecule has 0 radical (unpaired) electrons. The van der Waals surface area contributed by atoms with E-state index in [1.807, 2.05) is 0 Å². The molecule has 6 rings (SSSR count). The summed E-state index contributed by atoms with van der Waals surface area (Å²) in [5, 5.41) is 4.62. The van der Waals surface area contributed by atoms with E-state index in [9.17, 15) is 4.79 Å². The van der Waals surface area contributed by atoms with Gasteiger partial charge in [0.15, 0.2) is 5.69 Å². The molecule has 0 N–H and O–H groups in total. The monoisotopic (exact) mass is 480 g/mol. The Morgan fingerprint density at radius 2 is 1.83 bits per heavy atom. The summed E-state index contributed by atoms with van der Waals surface area (Å²) < 4.78 is 17.3. The number of methoxy groups -OCH3 is 1. The number of carbonyl (C=O) groups is 1. The molecule has 2 saturated heterocycles. The Hall–Kier alpha value is -2.48. The maximum Gasteiger partial charge on any atom is 0.358 e. The Morgan fingerprint density at radius 3 is 2.49 bits per heavy atom. The Labute approximate surface area is 206 Å². The van der Waals surface area contributed by atoms with Gasteiger partial charge in [-0.05, 0) is 50.9 Å². The zero-order chi connectivity index (χ0) is 23.9. The molecule has 2 aliphatic heterocycles. The van der Waals surface area contributed by atoms with Crippen LogP contribution in [-0.2, 0) is 16.1 Å². The minimum Gasteiger partial charge on any atom is -0.464 e. The fourth-order valence-electron chi connectivity index (χ4n) is 6.66. The molecule has 2 aliphatic carbocycles. The number of piperidine rings is 1. The van der Waals surface area contributed by atoms with Gasteiger partial charge in [0.25, 0.3) is 0 Å². The lowest BCUT2D eigenvalue weighted by molar-refractivity contribution is 0.0138. The Bertz CT molecular complexity index is 1040. The fourth-order valence-corrected chi connectivity index (χ4v) is 6.66. The zero-order valence-corrected chi connectivity index (χ0v) is 20.8. The van der Waals surface area contributed by atoms with E-state index < -0.39 is 5.97 Å². The molecule has 35 heavy (non-hydrogen) atoms. The maximum absolute atomic E-state index is 11.7. The van der Waals surface area contributed by atoms with Gasteiger partial charge in [-0.3, -0.25) is 0 Å². The molecule has 2 aromatic heterocycles. The summed E-state index contributed by atoms with van der Waals surface area (Å²) in [7, 11) is 1.36. The highest BCUT2D eigenvalue weighted by atomic mass is 16.5. The van der Waals surface area contributed by atoms with Crippen LogP contribution in [0.15, 0.2) is 16.9 Å². The molecule has 2 bridgehead atoms. The maximum atomic E-state index is 11.7. The van der Waals surface area contributed by atoms with E-state index in [2.05, 4.69) is 26.9 Å². The molecule has 4 heterocycles. The van der Waals surface area contributed by atoms with Gasteiger partial charge < -0.3 is 18.9 Å². The zero-order valence-electron chi connectivity index (χ0n) is 20.8. The minimum atomic E-state index is -0.458. The normalized spacial score (nSPS) is 30.5. The molecule has 2 saturated carbocycles. The number of hydrogen-bond acceptors (Lipinski definition) is 8. The van der Waals surface area contributed by atoms with E-state index in [-0.39, 0.29) is 11.8 Å². The predicted octanol–water partition coefficient (Wildman–Crippen LogP) is 5.14. The SMILES string of the molecule is COC(=O)c1cnc(N2C3CC[C@H]2C[C@H](OCc2c(C4CCCCC4C)noc2C2CC2)C3)cn1. The highest BCUT2D eigenvalue weighted by Gasteiger charge is 2.43. The quantitative estimate of drug-likeness (QED) is 0.503. The van der Waals surface area contributed by atoms with E-state index in [1.54, 1.807) is 6.20 Å². The molecule has 0 amide bonds. The average molecular weight is 481 g/mol. The smallest absolute Gasteiger partial charge is 0.358 e. The van der Waals surface area contributed by atoms with Gasteiger partial charge in [0.05, 0.1) is 37.9 Å². The van der Waals surface area contributed by atoms with Crippen LogP contribution in [-0.4, -0.2) is 46.4 Å². The van der Waals surface area contributed by atoms with E-state index in [4.69, 9.17) is 14.0 Å². The van der Waals surface area contributed by atoms with Gasteiger partial charge in [-0.15, -0.1) is 0 Å². The van der Waals surface area contributed by atoms with Crippen LogP contribution in [0.4, 0.5) is 5.82 Å². The molecular formula is C27H36N4O4. The van der Waals surface area contributed by atoms with Crippen LogP contribution in [0.3, 0.4) is 0 Å². The van der Waals surface area contributed by atoms with E-state index in [0.717, 1.165) is 37.3 Å². The Balaban J connectivity index is 1.13. The number of anilines is 1. The lowest BCUT2D eigenvalue weighted by Crippen LogP contribution is -2.46. The summed E-state index contributed by atoms with van der Waals surface area (Å²) in [4.78, 5) is 22.9. The van der Waals surface area contributed by atoms with Gasteiger partial charge in [-0.25, -0.2) is 14.8 Å². The largest absolute Gasteiger partial charge is 0.464 e. The first-order chi connectivity index (χ1) is 17.1. The molecule has 0 spiro atoms. The van der Waals surface area contributed by atoms with E-state index >= 15 is 0 Å². The molecule has 0 aromatic carbocycles. The summed E-state index contributed by atoms with van der Waals surface area (Å²) in [6.07, 6.45) is 15.2. The number of nitrogens with zero attached hydrogens (tertiary/aromatic N) is 4. The van der Waals surface area contributed by atoms with Gasteiger partial charge in [0.2, 0.25) is 0 Å². The van der Waals surface area contributed by atoms with Crippen LogP contribution >= 0.6 is 0 Å². The van der Waals surface area contributed by atoms with Gasteiger partial charge in [-0.2, -0.15) is 0 Å². The molecule has 2 aromatic rings. The van der Waals surface area contributed by atoms with Crippen LogP contribution in [0.25, 0.3) is 0 Å². The molecule has 188 valence electrons. The Morgan fingerprint density at radius 1 is 1.06 bits per heavy atom. The lowest BCUT2D eigenvalue weighted by Gasteiger charge is -2.39. The summed E-state index contributed by atoms with van der Waals surface area (Å²) in [6.45, 7) is 2.99. The Kier molecular flexibility index (Phi) is 6.25. The van der Waals surface area contributed by atoms with Crippen LogP contribution in [0.2, 0.25) is 0 Å². The topological polar surface area (TPSA) is 90.6 Å². The van der Waals surface area contributed by atoms with E-state index in [1.165, 1.54) is 63.1 Å². The van der Waals surface area contributed by atoms with E-state index in [0.29, 0.717) is 36.4 Å². The van der Waals surface area contributed by atoms with Crippen LogP contribution in [0, 0.1) is 5.92 Å². The molecule has 4 aliphatic rings. The van der Waals surface area contributed by atoms with Crippen LogP contribution < -0.4 is 4.90 Å². The third-order valence-corrected chi connectivity index (χ3v) is 8.71. The van der Waals surface area contributed by atoms with Crippen molar-refractivity contribution in [3.63, 3.8) is 0 Å². The van der Waals surface area contributed by atoms with Crippen molar-refractivity contribution in [2.24, 2.45) is 5.92 Å². The highest BCUT2D eigenvalue weighted by molar-refractivity contribution is 5.86. The standard InChI is InChI=1S/C27H36N4O4/c1-16-5-3-4-6-21(16)25-22(26(35-30-25)17-7-8-17)15-34-20-11-18-9-10-19(12-20)31(18)24-14-28-23(13-29-24)27(32)33-2/h13-14,16-21H,3-12,15H2,1-2H3/t16?,18-,19?,20-,21?/m0/s1. The van der Waals surface area contributed by atoms with Crippen molar-refractivity contribution >= 4 is 11.8 Å². The molecule has 5 atom stereocenters. The van der Waals surface area contributed by atoms with Crippen molar-refractivity contribution in [1.29, 1.82) is 0 Å². The first kappa shape index (κ1) is 23.0. The predicted molar refractivity (Wildman–Crippen MR) is 129 cm³/mol. The first-order valence-electron chi connectivity index (χ1n) is 13.4. The van der Waals surface area contributed by atoms with Gasteiger partial charge >= 0.3 is 5.97 Å². The summed E-state index contributed by atoms with van der Waals surface area (Å²) in [6, 6.07) is 0.778. The summed E-state index contributed by atoms with van der Waals surface area (Å²) in [5.41, 5.74) is 2.68. The number of aromatic nitrogens is 3. The number of hydrogen-bond donors (Lipinski definition) is 0. The molecule has 8 heteroatoms. The van der Waals surface area contributed by atoms with Crippen LogP contribution in [0.5, 0.6) is 0 Å². The van der Waals surface area contributed by atoms with Crippen molar-refractivity contribution in [3.05, 3.63) is 35.1 Å². The fraction of sp³-hybridized carbons (Fsp3) is 0.704. The molecule has 3 unspecified atom stereocenters. The van der Waals surface area contributed by atoms with Crippen molar-refractivity contribution in [2.45, 2.75) is 108 Å². The average Bonchev–Trinajstić information content (AvgIpc) is 3.59. The van der Waals surface area contributed by atoms with Gasteiger partial charge in [-0.1, -0.05) is 31.3 Å². The number of esters is 1. The number of carbonyl (C=O) groups excluding carboxylic acids is 1. The second kappa shape index (κ2) is 9.52.